The van der Waals surface area contributed by atoms with E-state index in [-0.39, 0.29) is 0 Å². The van der Waals surface area contributed by atoms with Gasteiger partial charge in [-0.25, -0.2) is 9.97 Å². The van der Waals surface area contributed by atoms with E-state index in [4.69, 9.17) is 0 Å². The van der Waals surface area contributed by atoms with Crippen molar-refractivity contribution in [3.8, 4) is 43.4 Å². The summed E-state index contributed by atoms with van der Waals surface area (Å²) in [5.74, 6) is 0. The Bertz CT molecular complexity index is 2730. The van der Waals surface area contributed by atoms with Crippen molar-refractivity contribution in [2.45, 2.75) is 13.8 Å². The number of para-hydroxylation sites is 2. The third-order valence-corrected chi connectivity index (χ3v) is 11.8. The summed E-state index contributed by atoms with van der Waals surface area (Å²) >= 11 is 3.68. The fourth-order valence-electron chi connectivity index (χ4n) is 7.46. The number of aryl methyl sites for hydroxylation is 2. The Morgan fingerprint density at radius 2 is 0.900 bits per heavy atom. The molecule has 0 amide bonds. The van der Waals surface area contributed by atoms with E-state index in [1.165, 1.54) is 74.2 Å². The van der Waals surface area contributed by atoms with Crippen molar-refractivity contribution in [2.24, 2.45) is 0 Å². The summed E-state index contributed by atoms with van der Waals surface area (Å²) in [6.07, 6.45) is 5.39. The van der Waals surface area contributed by atoms with Crippen LogP contribution in [0.5, 0.6) is 0 Å². The number of thiophene rings is 2. The van der Waals surface area contributed by atoms with E-state index in [1.54, 1.807) is 6.33 Å². The minimum absolute atomic E-state index is 0.975. The van der Waals surface area contributed by atoms with Crippen LogP contribution >= 0.6 is 22.7 Å². The number of rotatable bonds is 5. The van der Waals surface area contributed by atoms with E-state index in [9.17, 15) is 0 Å². The van der Waals surface area contributed by atoms with Gasteiger partial charge in [-0.3, -0.25) is 0 Å². The third kappa shape index (κ3) is 4.64. The molecule has 0 aliphatic carbocycles. The van der Waals surface area contributed by atoms with Gasteiger partial charge < -0.3 is 9.13 Å². The summed E-state index contributed by atoms with van der Waals surface area (Å²) in [6, 6.07) is 47.0. The van der Waals surface area contributed by atoms with Crippen molar-refractivity contribution in [1.29, 1.82) is 0 Å². The van der Waals surface area contributed by atoms with Gasteiger partial charge in [0.2, 0.25) is 0 Å². The maximum Gasteiger partial charge on any atom is 0.115 e. The first-order valence-electron chi connectivity index (χ1n) is 16.7. The lowest BCUT2D eigenvalue weighted by molar-refractivity contribution is 1.13. The smallest absolute Gasteiger partial charge is 0.115 e. The van der Waals surface area contributed by atoms with Crippen molar-refractivity contribution in [3.05, 3.63) is 156 Å². The molecule has 0 fully saturated rings. The molecule has 0 atom stereocenters. The van der Waals surface area contributed by atoms with Crippen LogP contribution in [0.15, 0.2) is 146 Å². The van der Waals surface area contributed by atoms with Gasteiger partial charge in [0.25, 0.3) is 0 Å². The average molecular weight is 679 g/mol. The monoisotopic (exact) mass is 678 g/mol. The molecule has 5 aromatic heterocycles. The molecule has 0 N–H and O–H groups in total. The average Bonchev–Trinajstić information content (AvgIpc) is 3.94. The summed E-state index contributed by atoms with van der Waals surface area (Å²) in [7, 11) is 0. The Kier molecular flexibility index (Phi) is 6.63. The Hall–Kier alpha value is -5.82. The molecule has 0 radical (unpaired) electrons. The first kappa shape index (κ1) is 29.1. The van der Waals surface area contributed by atoms with Gasteiger partial charge in [-0.1, -0.05) is 48.5 Å². The second kappa shape index (κ2) is 11.4. The van der Waals surface area contributed by atoms with Gasteiger partial charge >= 0.3 is 0 Å². The van der Waals surface area contributed by atoms with E-state index >= 15 is 0 Å². The fraction of sp³-hybridized carbons (Fsp3) is 0.0455. The van der Waals surface area contributed by atoms with E-state index in [0.29, 0.717) is 0 Å². The minimum atomic E-state index is 0.975. The highest BCUT2D eigenvalue weighted by atomic mass is 32.1. The van der Waals surface area contributed by atoms with E-state index < -0.39 is 0 Å². The molecular formula is C44H30N4S2. The number of fused-ring (bicyclic) bond motifs is 6. The SMILES string of the molecule is Cc1ccc(-c2ccc3c(c2)c2ccccc2n3-c2cc(-c3cncnc3)cc(-n3c4ccccc4c4cc(-c5ccc(C)s5)ccc43)c2)s1. The number of hydrogen-bond donors (Lipinski definition) is 0. The maximum absolute atomic E-state index is 4.40. The van der Waals surface area contributed by atoms with Gasteiger partial charge in [-0.05, 0) is 109 Å². The highest BCUT2D eigenvalue weighted by Crippen LogP contribution is 2.40. The zero-order valence-corrected chi connectivity index (χ0v) is 29.1. The predicted octanol–water partition coefficient (Wildman–Crippen LogP) is 12.4. The number of benzene rings is 5. The highest BCUT2D eigenvalue weighted by Gasteiger charge is 2.19. The molecule has 238 valence electrons. The Balaban J connectivity index is 1.25. The van der Waals surface area contributed by atoms with Crippen molar-refractivity contribution in [3.63, 3.8) is 0 Å². The molecule has 0 saturated heterocycles. The molecule has 0 aliphatic rings. The van der Waals surface area contributed by atoms with Crippen LogP contribution in [0.3, 0.4) is 0 Å². The molecular weight excluding hydrogens is 649 g/mol. The summed E-state index contributed by atoms with van der Waals surface area (Å²) in [4.78, 5) is 14.0. The van der Waals surface area contributed by atoms with Crippen LogP contribution in [-0.2, 0) is 0 Å². The molecule has 5 aromatic carbocycles. The number of hydrogen-bond acceptors (Lipinski definition) is 4. The van der Waals surface area contributed by atoms with Crippen LogP contribution < -0.4 is 0 Å². The predicted molar refractivity (Wildman–Crippen MR) is 212 cm³/mol. The molecule has 0 aliphatic heterocycles. The molecule has 50 heavy (non-hydrogen) atoms. The number of nitrogens with zero attached hydrogens (tertiary/aromatic N) is 4. The standard InChI is InChI=1S/C44H30N4S2/c1-27-11-17-43(49-27)29-13-15-41-37(21-29)35-7-3-5-9-39(35)47(41)33-19-31(32-24-45-26-46-25-32)20-34(23-33)48-40-10-6-4-8-36(40)38-22-30(14-16-42(38)48)44-18-12-28(2)50-44/h3-26H,1-2H3. The van der Waals surface area contributed by atoms with Crippen molar-refractivity contribution < 1.29 is 0 Å². The summed E-state index contributed by atoms with van der Waals surface area (Å²) in [5.41, 5.74) is 11.4. The van der Waals surface area contributed by atoms with Gasteiger partial charge in [0.15, 0.2) is 0 Å². The molecule has 0 saturated carbocycles. The van der Waals surface area contributed by atoms with E-state index in [0.717, 1.165) is 22.5 Å². The molecule has 0 bridgehead atoms. The van der Waals surface area contributed by atoms with Crippen LogP contribution in [0.1, 0.15) is 9.75 Å². The third-order valence-electron chi connectivity index (χ3n) is 9.71. The second-order valence-corrected chi connectivity index (χ2v) is 15.4. The van der Waals surface area contributed by atoms with Gasteiger partial charge in [0, 0.05) is 70.4 Å². The molecule has 4 nitrogen and oxygen atoms in total. The van der Waals surface area contributed by atoms with Gasteiger partial charge in [0.05, 0.1) is 22.1 Å². The van der Waals surface area contributed by atoms with Crippen molar-refractivity contribution >= 4 is 66.3 Å². The lowest BCUT2D eigenvalue weighted by Gasteiger charge is -2.16. The second-order valence-electron chi connectivity index (χ2n) is 12.9. The first-order chi connectivity index (χ1) is 24.6. The number of aromatic nitrogens is 4. The van der Waals surface area contributed by atoms with Crippen LogP contribution in [0.25, 0.3) is 87.0 Å². The van der Waals surface area contributed by atoms with Crippen LogP contribution in [0, 0.1) is 13.8 Å². The molecule has 6 heteroatoms. The minimum Gasteiger partial charge on any atom is -0.309 e. The zero-order chi connectivity index (χ0) is 33.3. The lowest BCUT2D eigenvalue weighted by atomic mass is 10.1. The largest absolute Gasteiger partial charge is 0.309 e. The molecule has 10 aromatic rings. The van der Waals surface area contributed by atoms with Crippen LogP contribution in [-0.4, -0.2) is 19.1 Å². The molecule has 10 rings (SSSR count). The van der Waals surface area contributed by atoms with Crippen LogP contribution in [0.4, 0.5) is 0 Å². The Morgan fingerprint density at radius 1 is 0.420 bits per heavy atom. The normalized spacial score (nSPS) is 11.8. The van der Waals surface area contributed by atoms with Gasteiger partial charge in [-0.2, -0.15) is 0 Å². The Morgan fingerprint density at radius 3 is 1.38 bits per heavy atom. The molecule has 5 heterocycles. The maximum atomic E-state index is 4.40. The van der Waals surface area contributed by atoms with Gasteiger partial charge in [0.1, 0.15) is 6.33 Å². The fourth-order valence-corrected chi connectivity index (χ4v) is 9.18. The topological polar surface area (TPSA) is 35.6 Å². The molecule has 0 unspecified atom stereocenters. The highest BCUT2D eigenvalue weighted by molar-refractivity contribution is 7.15. The van der Waals surface area contributed by atoms with Crippen LogP contribution in [0.2, 0.25) is 0 Å². The summed E-state index contributed by atoms with van der Waals surface area (Å²) in [6.45, 7) is 4.34. The van der Waals surface area contributed by atoms with Crippen molar-refractivity contribution in [1.82, 2.24) is 19.1 Å². The summed E-state index contributed by atoms with van der Waals surface area (Å²) < 4.78 is 4.83. The van der Waals surface area contributed by atoms with Crippen molar-refractivity contribution in [2.75, 3.05) is 0 Å². The Labute approximate surface area is 297 Å². The zero-order valence-electron chi connectivity index (χ0n) is 27.5. The van der Waals surface area contributed by atoms with E-state index in [2.05, 4.69) is 160 Å². The molecule has 0 spiro atoms. The lowest BCUT2D eigenvalue weighted by Crippen LogP contribution is -2.00. The first-order valence-corrected chi connectivity index (χ1v) is 18.3. The van der Waals surface area contributed by atoms with E-state index in [1.807, 2.05) is 35.1 Å². The summed E-state index contributed by atoms with van der Waals surface area (Å²) in [5, 5.41) is 4.96. The quantitative estimate of drug-likeness (QED) is 0.182. The van der Waals surface area contributed by atoms with Gasteiger partial charge in [-0.15, -0.1) is 22.7 Å².